The van der Waals surface area contributed by atoms with Crippen molar-refractivity contribution in [3.63, 3.8) is 0 Å². The van der Waals surface area contributed by atoms with Crippen LogP contribution >= 0.6 is 0 Å². The molecule has 0 amide bonds. The van der Waals surface area contributed by atoms with E-state index in [1.807, 2.05) is 32.9 Å². The zero-order valence-electron chi connectivity index (χ0n) is 11.4. The molecule has 100 valence electrons. The maximum Gasteiger partial charge on any atom is 0.266 e. The molecule has 0 aliphatic heterocycles. The molecule has 19 heavy (non-hydrogen) atoms. The summed E-state index contributed by atoms with van der Waals surface area (Å²) < 4.78 is 1.47. The first-order chi connectivity index (χ1) is 8.97. The molecule has 0 fully saturated rings. The molecule has 0 bridgehead atoms. The van der Waals surface area contributed by atoms with E-state index in [4.69, 9.17) is 0 Å². The van der Waals surface area contributed by atoms with Gasteiger partial charge in [-0.3, -0.25) is 4.79 Å². The molecule has 1 aromatic carbocycles. The van der Waals surface area contributed by atoms with Crippen LogP contribution in [0.3, 0.4) is 0 Å². The smallest absolute Gasteiger partial charge is 0.266 e. The van der Waals surface area contributed by atoms with Gasteiger partial charge < -0.3 is 5.11 Å². The lowest BCUT2D eigenvalue weighted by atomic mass is 10.1. The van der Waals surface area contributed by atoms with E-state index in [2.05, 4.69) is 5.10 Å². The first kappa shape index (κ1) is 13.3. The second kappa shape index (κ2) is 5.26. The summed E-state index contributed by atoms with van der Waals surface area (Å²) in [6.07, 6.45) is 0. The summed E-state index contributed by atoms with van der Waals surface area (Å²) in [5, 5.41) is 14.1. The van der Waals surface area contributed by atoms with Crippen molar-refractivity contribution < 1.29 is 5.11 Å². The van der Waals surface area contributed by atoms with Crippen molar-refractivity contribution in [2.24, 2.45) is 5.92 Å². The van der Waals surface area contributed by atoms with Crippen LogP contribution in [0.2, 0.25) is 0 Å². The van der Waals surface area contributed by atoms with Crippen LogP contribution in [0, 0.1) is 12.8 Å². The number of aryl methyl sites for hydroxylation is 1. The minimum Gasteiger partial charge on any atom is -0.508 e. The lowest BCUT2D eigenvalue weighted by Crippen LogP contribution is -2.24. The van der Waals surface area contributed by atoms with Gasteiger partial charge in [-0.25, -0.2) is 4.68 Å². The molecule has 4 heteroatoms. The molecule has 0 atom stereocenters. The average Bonchev–Trinajstić information content (AvgIpc) is 2.35. The molecule has 0 unspecified atom stereocenters. The number of rotatable bonds is 3. The number of nitrogens with zero attached hydrogens (tertiary/aromatic N) is 2. The monoisotopic (exact) mass is 258 g/mol. The maximum absolute atomic E-state index is 11.7. The quantitative estimate of drug-likeness (QED) is 0.920. The molecule has 1 aromatic heterocycles. The van der Waals surface area contributed by atoms with Crippen molar-refractivity contribution in [2.45, 2.75) is 27.3 Å². The van der Waals surface area contributed by atoms with Crippen LogP contribution in [0.25, 0.3) is 11.3 Å². The minimum absolute atomic E-state index is 0.103. The minimum atomic E-state index is -0.103. The average molecular weight is 258 g/mol. The first-order valence-electron chi connectivity index (χ1n) is 6.35. The Morgan fingerprint density at radius 2 is 2.00 bits per heavy atom. The van der Waals surface area contributed by atoms with Crippen LogP contribution in [-0.2, 0) is 6.54 Å². The SMILES string of the molecule is Cc1ccc(-c2ccc(=O)n(CC(C)C)n2)cc1O. The Bertz CT molecular complexity index is 645. The van der Waals surface area contributed by atoms with E-state index in [0.29, 0.717) is 18.2 Å². The molecule has 0 radical (unpaired) electrons. The zero-order valence-corrected chi connectivity index (χ0v) is 11.4. The number of hydrogen-bond acceptors (Lipinski definition) is 3. The van der Waals surface area contributed by atoms with Gasteiger partial charge in [-0.2, -0.15) is 5.10 Å². The lowest BCUT2D eigenvalue weighted by Gasteiger charge is -2.09. The number of hydrogen-bond donors (Lipinski definition) is 1. The van der Waals surface area contributed by atoms with Crippen molar-refractivity contribution in [3.05, 3.63) is 46.2 Å². The summed E-state index contributed by atoms with van der Waals surface area (Å²) in [4.78, 5) is 11.7. The highest BCUT2D eigenvalue weighted by atomic mass is 16.3. The highest BCUT2D eigenvalue weighted by Gasteiger charge is 2.06. The standard InChI is InChI=1S/C15H18N2O2/c1-10(2)9-17-15(19)7-6-13(16-17)12-5-4-11(3)14(18)8-12/h4-8,10,18H,9H2,1-3H3. The summed E-state index contributed by atoms with van der Waals surface area (Å²) >= 11 is 0. The van der Waals surface area contributed by atoms with Crippen LogP contribution in [0.1, 0.15) is 19.4 Å². The highest BCUT2D eigenvalue weighted by Crippen LogP contribution is 2.23. The van der Waals surface area contributed by atoms with Gasteiger partial charge in [0, 0.05) is 18.2 Å². The van der Waals surface area contributed by atoms with Gasteiger partial charge in [-0.05, 0) is 30.5 Å². The Balaban J connectivity index is 2.45. The molecule has 0 saturated carbocycles. The summed E-state index contributed by atoms with van der Waals surface area (Å²) in [6.45, 7) is 6.51. The molecule has 2 rings (SSSR count). The first-order valence-corrected chi connectivity index (χ1v) is 6.35. The molecule has 0 saturated heterocycles. The van der Waals surface area contributed by atoms with E-state index in [-0.39, 0.29) is 11.3 Å². The van der Waals surface area contributed by atoms with E-state index >= 15 is 0 Å². The summed E-state index contributed by atoms with van der Waals surface area (Å²) in [6, 6.07) is 8.60. The third-order valence-electron chi connectivity index (χ3n) is 2.91. The molecule has 0 aliphatic rings. The predicted octanol–water partition coefficient (Wildman–Crippen LogP) is 2.58. The largest absolute Gasteiger partial charge is 0.508 e. The Hall–Kier alpha value is -2.10. The van der Waals surface area contributed by atoms with Crippen molar-refractivity contribution in [2.75, 3.05) is 0 Å². The lowest BCUT2D eigenvalue weighted by molar-refractivity contribution is 0.464. The number of phenolic OH excluding ortho intramolecular Hbond substituents is 1. The van der Waals surface area contributed by atoms with E-state index in [9.17, 15) is 9.90 Å². The maximum atomic E-state index is 11.7. The van der Waals surface area contributed by atoms with Gasteiger partial charge in [-0.15, -0.1) is 0 Å². The molecule has 0 aliphatic carbocycles. The molecule has 4 nitrogen and oxygen atoms in total. The Morgan fingerprint density at radius 1 is 1.26 bits per heavy atom. The summed E-state index contributed by atoms with van der Waals surface area (Å²) in [5.74, 6) is 0.591. The second-order valence-electron chi connectivity index (χ2n) is 5.13. The fourth-order valence-corrected chi connectivity index (χ4v) is 1.85. The van der Waals surface area contributed by atoms with Crippen molar-refractivity contribution in [1.29, 1.82) is 0 Å². The number of aromatic hydroxyl groups is 1. The molecular weight excluding hydrogens is 240 g/mol. The number of benzene rings is 1. The van der Waals surface area contributed by atoms with Crippen molar-refractivity contribution >= 4 is 0 Å². The van der Waals surface area contributed by atoms with Crippen LogP contribution < -0.4 is 5.56 Å². The molecule has 1 N–H and O–H groups in total. The number of phenols is 1. The fourth-order valence-electron chi connectivity index (χ4n) is 1.85. The fraction of sp³-hybridized carbons (Fsp3) is 0.333. The summed E-state index contributed by atoms with van der Waals surface area (Å²) in [5.41, 5.74) is 2.21. The van der Waals surface area contributed by atoms with Crippen molar-refractivity contribution in [1.82, 2.24) is 9.78 Å². The van der Waals surface area contributed by atoms with Crippen LogP contribution in [0.5, 0.6) is 5.75 Å². The van der Waals surface area contributed by atoms with Crippen molar-refractivity contribution in [3.8, 4) is 17.0 Å². The number of aromatic nitrogens is 2. The van der Waals surface area contributed by atoms with E-state index in [0.717, 1.165) is 11.1 Å². The third kappa shape index (κ3) is 3.02. The van der Waals surface area contributed by atoms with Crippen LogP contribution in [-0.4, -0.2) is 14.9 Å². The van der Waals surface area contributed by atoms with Gasteiger partial charge in [0.05, 0.1) is 5.69 Å². The predicted molar refractivity (Wildman–Crippen MR) is 75.2 cm³/mol. The third-order valence-corrected chi connectivity index (χ3v) is 2.91. The molecular formula is C15H18N2O2. The highest BCUT2D eigenvalue weighted by molar-refractivity contribution is 5.61. The van der Waals surface area contributed by atoms with Gasteiger partial charge in [0.25, 0.3) is 5.56 Å². The second-order valence-corrected chi connectivity index (χ2v) is 5.13. The van der Waals surface area contributed by atoms with Gasteiger partial charge in [0.15, 0.2) is 0 Å². The molecule has 1 heterocycles. The van der Waals surface area contributed by atoms with Crippen LogP contribution in [0.4, 0.5) is 0 Å². The Kier molecular flexibility index (Phi) is 3.69. The van der Waals surface area contributed by atoms with Gasteiger partial charge in [0.2, 0.25) is 0 Å². The van der Waals surface area contributed by atoms with Gasteiger partial charge in [0.1, 0.15) is 5.75 Å². The van der Waals surface area contributed by atoms with Gasteiger partial charge in [-0.1, -0.05) is 26.0 Å². The molecule has 0 spiro atoms. The topological polar surface area (TPSA) is 55.1 Å². The zero-order chi connectivity index (χ0) is 14.0. The van der Waals surface area contributed by atoms with E-state index < -0.39 is 0 Å². The van der Waals surface area contributed by atoms with E-state index in [1.54, 1.807) is 12.1 Å². The molecule has 2 aromatic rings. The van der Waals surface area contributed by atoms with E-state index in [1.165, 1.54) is 10.7 Å². The van der Waals surface area contributed by atoms with Crippen LogP contribution in [0.15, 0.2) is 35.1 Å². The summed E-state index contributed by atoms with van der Waals surface area (Å²) in [7, 11) is 0. The van der Waals surface area contributed by atoms with Gasteiger partial charge >= 0.3 is 0 Å². The normalized spacial score (nSPS) is 10.9. The Morgan fingerprint density at radius 3 is 2.63 bits per heavy atom. The Labute approximate surface area is 112 Å².